The lowest BCUT2D eigenvalue weighted by Gasteiger charge is -2.13. The molecule has 0 rings (SSSR count). The minimum absolute atomic E-state index is 0.0366. The fraction of sp³-hybridized carbons (Fsp3) is 0.727. The summed E-state index contributed by atoms with van der Waals surface area (Å²) in [4.78, 5) is 13.0. The van der Waals surface area contributed by atoms with E-state index in [2.05, 4.69) is 18.8 Å². The van der Waals surface area contributed by atoms with Crippen LogP contribution in [-0.4, -0.2) is 44.0 Å². The fourth-order valence-corrected chi connectivity index (χ4v) is 0.970. The van der Waals surface area contributed by atoms with E-state index in [9.17, 15) is 4.79 Å². The number of hydrogen-bond acceptors (Lipinski definition) is 3. The van der Waals surface area contributed by atoms with E-state index in [1.54, 1.807) is 6.92 Å². The first kappa shape index (κ1) is 13.2. The summed E-state index contributed by atoms with van der Waals surface area (Å²) in [7, 11) is 1.89. The Morgan fingerprint density at radius 3 is 2.71 bits per heavy atom. The van der Waals surface area contributed by atoms with Crippen molar-refractivity contribution in [1.29, 1.82) is 0 Å². The second-order valence-corrected chi connectivity index (χ2v) is 3.15. The van der Waals surface area contributed by atoms with Crippen LogP contribution in [0.5, 0.6) is 0 Å². The molecule has 0 fully saturated rings. The molecule has 0 radical (unpaired) electrons. The van der Waals surface area contributed by atoms with Crippen molar-refractivity contribution in [3.8, 4) is 11.8 Å². The maximum atomic E-state index is 11.1. The number of ether oxygens (including phenoxy) is 1. The number of rotatable bonds is 7. The van der Waals surface area contributed by atoms with Crippen molar-refractivity contribution in [3.05, 3.63) is 0 Å². The van der Waals surface area contributed by atoms with E-state index in [0.29, 0.717) is 13.2 Å². The maximum absolute atomic E-state index is 11.1. The number of nitrogens with zero attached hydrogens (tertiary/aromatic N) is 1. The number of hydrogen-bond donors (Lipinski definition) is 0. The Hall–Kier alpha value is -0.850. The quantitative estimate of drug-likeness (QED) is 0.345. The molecular weight excluding hydrogens is 178 g/mol. The Labute approximate surface area is 86.4 Å². The molecule has 0 unspecified atom stereocenters. The van der Waals surface area contributed by atoms with Crippen molar-refractivity contribution in [2.24, 2.45) is 0 Å². The third-order valence-electron chi connectivity index (χ3n) is 1.64. The summed E-state index contributed by atoms with van der Waals surface area (Å²) >= 11 is 0. The zero-order valence-corrected chi connectivity index (χ0v) is 9.30. The van der Waals surface area contributed by atoms with Crippen LogP contribution in [0, 0.1) is 11.8 Å². The van der Waals surface area contributed by atoms with Crippen molar-refractivity contribution in [2.75, 3.05) is 33.4 Å². The third kappa shape index (κ3) is 7.78. The smallest absolute Gasteiger partial charge is 0.219 e. The van der Waals surface area contributed by atoms with Crippen LogP contribution in [-0.2, 0) is 9.53 Å². The van der Waals surface area contributed by atoms with Gasteiger partial charge in [0.25, 0.3) is 0 Å². The number of likely N-dealkylation sites (N-methyl/N-ethyl adjacent to an activating group) is 1. The molecule has 0 atom stereocenters. The van der Waals surface area contributed by atoms with Gasteiger partial charge in [-0.05, 0) is 26.3 Å². The summed E-state index contributed by atoms with van der Waals surface area (Å²) in [6, 6.07) is 0. The van der Waals surface area contributed by atoms with E-state index in [-0.39, 0.29) is 5.78 Å². The van der Waals surface area contributed by atoms with Crippen LogP contribution >= 0.6 is 0 Å². The molecule has 0 aromatic rings. The average Bonchev–Trinajstić information content (AvgIpc) is 2.13. The van der Waals surface area contributed by atoms with Crippen LogP contribution in [0.15, 0.2) is 0 Å². The Balaban J connectivity index is 3.48. The van der Waals surface area contributed by atoms with Gasteiger partial charge in [-0.1, -0.05) is 12.8 Å². The van der Waals surface area contributed by atoms with Crippen molar-refractivity contribution in [2.45, 2.75) is 20.3 Å². The summed E-state index contributed by atoms with van der Waals surface area (Å²) in [5, 5.41) is 0. The molecule has 3 heteroatoms. The molecule has 0 spiro atoms. The normalized spacial score (nSPS) is 9.71. The molecule has 0 amide bonds. The molecule has 0 aliphatic carbocycles. The molecule has 0 aliphatic rings. The maximum Gasteiger partial charge on any atom is 0.219 e. The molecule has 0 N–H and O–H groups in total. The van der Waals surface area contributed by atoms with E-state index in [0.717, 1.165) is 19.6 Å². The van der Waals surface area contributed by atoms with Gasteiger partial charge in [0, 0.05) is 13.2 Å². The summed E-state index contributed by atoms with van der Waals surface area (Å²) < 4.78 is 5.31. The van der Waals surface area contributed by atoms with E-state index in [4.69, 9.17) is 4.74 Å². The number of ketones is 1. The monoisotopic (exact) mass is 197 g/mol. The molecule has 3 nitrogen and oxygen atoms in total. The molecule has 0 saturated carbocycles. The van der Waals surface area contributed by atoms with E-state index in [1.807, 2.05) is 11.9 Å². The lowest BCUT2D eigenvalue weighted by molar-refractivity contribution is -0.114. The second kappa shape index (κ2) is 8.74. The highest BCUT2D eigenvalue weighted by Crippen LogP contribution is 1.86. The van der Waals surface area contributed by atoms with Gasteiger partial charge in [0.2, 0.25) is 5.78 Å². The van der Waals surface area contributed by atoms with Gasteiger partial charge in [-0.15, -0.1) is 0 Å². The van der Waals surface area contributed by atoms with Crippen LogP contribution in [0.25, 0.3) is 0 Å². The topological polar surface area (TPSA) is 29.5 Å². The first-order valence-electron chi connectivity index (χ1n) is 4.92. The van der Waals surface area contributed by atoms with Crippen LogP contribution in [0.3, 0.4) is 0 Å². The first-order chi connectivity index (χ1) is 6.70. The first-order valence-corrected chi connectivity index (χ1v) is 4.92. The van der Waals surface area contributed by atoms with Crippen molar-refractivity contribution in [3.63, 3.8) is 0 Å². The Morgan fingerprint density at radius 1 is 1.43 bits per heavy atom. The van der Waals surface area contributed by atoms with Crippen LogP contribution < -0.4 is 0 Å². The molecule has 0 aromatic heterocycles. The van der Waals surface area contributed by atoms with E-state index < -0.39 is 0 Å². The molecule has 0 aliphatic heterocycles. The zero-order chi connectivity index (χ0) is 10.8. The van der Waals surface area contributed by atoms with Crippen LogP contribution in [0.1, 0.15) is 20.3 Å². The molecule has 80 valence electrons. The lowest BCUT2D eigenvalue weighted by atomic mass is 10.3. The third-order valence-corrected chi connectivity index (χ3v) is 1.64. The van der Waals surface area contributed by atoms with Gasteiger partial charge in [-0.3, -0.25) is 9.69 Å². The zero-order valence-electron chi connectivity index (χ0n) is 9.30. The van der Waals surface area contributed by atoms with Gasteiger partial charge in [0.05, 0.1) is 13.2 Å². The predicted octanol–water partition coefficient (Wildman–Crippen LogP) is 0.937. The van der Waals surface area contributed by atoms with Crippen molar-refractivity contribution < 1.29 is 9.53 Å². The molecule has 0 saturated heterocycles. The van der Waals surface area contributed by atoms with E-state index >= 15 is 0 Å². The number of carbonyl (C=O) groups is 1. The molecular formula is C11H19NO2. The van der Waals surface area contributed by atoms with Gasteiger partial charge >= 0.3 is 0 Å². The minimum Gasteiger partial charge on any atom is -0.380 e. The number of carbonyl (C=O) groups excluding carboxylic acids is 1. The van der Waals surface area contributed by atoms with Gasteiger partial charge in [0.1, 0.15) is 0 Å². The second-order valence-electron chi connectivity index (χ2n) is 3.15. The largest absolute Gasteiger partial charge is 0.380 e. The van der Waals surface area contributed by atoms with Gasteiger partial charge in [0.15, 0.2) is 0 Å². The molecule has 0 aromatic carbocycles. The van der Waals surface area contributed by atoms with Crippen molar-refractivity contribution in [1.82, 2.24) is 4.90 Å². The summed E-state index contributed by atoms with van der Waals surface area (Å²) in [6.07, 6.45) is 1.03. The SMILES string of the molecule is CC#CC(=O)CN(C)CCOCCC. The fourth-order valence-electron chi connectivity index (χ4n) is 0.970. The lowest BCUT2D eigenvalue weighted by Crippen LogP contribution is -2.28. The Kier molecular flexibility index (Phi) is 8.20. The van der Waals surface area contributed by atoms with Gasteiger partial charge in [-0.2, -0.15) is 0 Å². The summed E-state index contributed by atoms with van der Waals surface area (Å²) in [6.45, 7) is 6.37. The molecule has 0 heterocycles. The van der Waals surface area contributed by atoms with E-state index in [1.165, 1.54) is 0 Å². The standard InChI is InChI=1S/C11H19NO2/c1-4-6-11(13)10-12(3)7-9-14-8-5-2/h5,7-10H2,1-3H3. The van der Waals surface area contributed by atoms with Crippen molar-refractivity contribution >= 4 is 5.78 Å². The Morgan fingerprint density at radius 2 is 2.14 bits per heavy atom. The minimum atomic E-state index is -0.0366. The average molecular weight is 197 g/mol. The van der Waals surface area contributed by atoms with Gasteiger partial charge in [-0.25, -0.2) is 0 Å². The highest BCUT2D eigenvalue weighted by atomic mass is 16.5. The highest BCUT2D eigenvalue weighted by Gasteiger charge is 2.02. The number of Topliss-reactive ketones (excluding diaryl/α,β-unsaturated/α-hetero) is 1. The van der Waals surface area contributed by atoms with Gasteiger partial charge < -0.3 is 4.74 Å². The summed E-state index contributed by atoms with van der Waals surface area (Å²) in [5.74, 6) is 5.06. The molecule has 14 heavy (non-hydrogen) atoms. The predicted molar refractivity (Wildman–Crippen MR) is 57.1 cm³/mol. The summed E-state index contributed by atoms with van der Waals surface area (Å²) in [5.41, 5.74) is 0. The Bertz CT molecular complexity index is 215. The highest BCUT2D eigenvalue weighted by molar-refractivity contribution is 5.96. The van der Waals surface area contributed by atoms with Crippen LogP contribution in [0.2, 0.25) is 0 Å². The van der Waals surface area contributed by atoms with Crippen LogP contribution in [0.4, 0.5) is 0 Å². The molecule has 0 bridgehead atoms.